The Hall–Kier alpha value is -0.400. The van der Waals surface area contributed by atoms with Crippen molar-refractivity contribution in [1.29, 1.82) is 0 Å². The summed E-state index contributed by atoms with van der Waals surface area (Å²) in [7, 11) is -3.40. The van der Waals surface area contributed by atoms with Crippen LogP contribution in [0.15, 0.2) is 0 Å². The van der Waals surface area contributed by atoms with Crippen LogP contribution in [-0.2, 0) is 9.09 Å². The first-order chi connectivity index (χ1) is 3.56. The van der Waals surface area contributed by atoms with Crippen molar-refractivity contribution in [2.75, 3.05) is 6.73 Å². The summed E-state index contributed by atoms with van der Waals surface area (Å²) in [5.41, 5.74) is 9.38. The highest BCUT2D eigenvalue weighted by molar-refractivity contribution is 7.53. The van der Waals surface area contributed by atoms with Gasteiger partial charge in [-0.05, 0) is 0 Å². The Labute approximate surface area is 47.0 Å². The lowest BCUT2D eigenvalue weighted by atomic mass is 11.3. The molecule has 0 fully saturated rings. The average molecular weight is 135 g/mol. The van der Waals surface area contributed by atoms with E-state index in [1.54, 1.807) is 0 Å². The van der Waals surface area contributed by atoms with Gasteiger partial charge in [0, 0.05) is 0 Å². The van der Waals surface area contributed by atoms with Crippen LogP contribution in [0.3, 0.4) is 0 Å². The highest BCUT2D eigenvalue weighted by atomic mass is 31.2. The van der Waals surface area contributed by atoms with Gasteiger partial charge in [0.05, 0.1) is 0 Å². The molecular formula is C2H6N3O2P. The molecule has 0 rings (SSSR count). The van der Waals surface area contributed by atoms with Gasteiger partial charge in [0.2, 0.25) is 0 Å². The van der Waals surface area contributed by atoms with Gasteiger partial charge in [0.1, 0.15) is 0 Å². The molecule has 8 heavy (non-hydrogen) atoms. The predicted molar refractivity (Wildman–Crippen MR) is 28.5 cm³/mol. The molecule has 5 nitrogen and oxygen atoms in total. The van der Waals surface area contributed by atoms with E-state index in [2.05, 4.69) is 20.4 Å². The van der Waals surface area contributed by atoms with Crippen LogP contribution in [0, 0.1) is 6.57 Å². The van der Waals surface area contributed by atoms with Gasteiger partial charge < -0.3 is 0 Å². The van der Waals surface area contributed by atoms with Crippen LogP contribution in [0.25, 0.3) is 4.85 Å². The highest BCUT2D eigenvalue weighted by Crippen LogP contribution is 2.25. The molecule has 0 aliphatic carbocycles. The number of rotatable bonds is 2. The predicted octanol–water partition coefficient (Wildman–Crippen LogP) is -0.0947. The summed E-state index contributed by atoms with van der Waals surface area (Å²) < 4.78 is 14.3. The number of hydrogen-bond donors (Lipinski definition) is 2. The normalized spacial score (nSPS) is 10.6. The molecule has 0 saturated heterocycles. The largest absolute Gasteiger partial charge is 0.341 e. The third-order valence-corrected chi connectivity index (χ3v) is 0.843. The molecule has 0 aliphatic heterocycles. The summed E-state index contributed by atoms with van der Waals surface area (Å²) in [6, 6.07) is 0. The second kappa shape index (κ2) is 2.80. The third-order valence-electron chi connectivity index (χ3n) is 0.324. The molecule has 0 amide bonds. The molecule has 0 aliphatic rings. The fraction of sp³-hybridized carbons (Fsp3) is 0.500. The van der Waals surface area contributed by atoms with E-state index in [-0.39, 0.29) is 6.73 Å². The quantitative estimate of drug-likeness (QED) is 0.409. The zero-order chi connectivity index (χ0) is 6.62. The van der Waals surface area contributed by atoms with E-state index < -0.39 is 7.67 Å². The Bertz CT molecular complexity index is 144. The lowest BCUT2D eigenvalue weighted by Crippen LogP contribution is -2.07. The Balaban J connectivity index is 3.45. The summed E-state index contributed by atoms with van der Waals surface area (Å²) in [4.78, 5) is 2.72. The number of nitrogens with zero attached hydrogens (tertiary/aromatic N) is 1. The Morgan fingerprint density at radius 2 is 2.25 bits per heavy atom. The van der Waals surface area contributed by atoms with Crippen LogP contribution in [0.2, 0.25) is 0 Å². The maximum absolute atomic E-state index is 10.2. The van der Waals surface area contributed by atoms with Gasteiger partial charge in [0.25, 0.3) is 0 Å². The smallest absolute Gasteiger partial charge is 0.285 e. The molecule has 0 atom stereocenters. The molecular weight excluding hydrogens is 129 g/mol. The van der Waals surface area contributed by atoms with Gasteiger partial charge in [-0.25, -0.2) is 22.1 Å². The lowest BCUT2D eigenvalue weighted by molar-refractivity contribution is 0.352. The molecule has 0 aromatic carbocycles. The summed E-state index contributed by atoms with van der Waals surface area (Å²) in [6.45, 7) is 5.81. The molecule has 0 aromatic rings. The number of hydrogen-bond acceptors (Lipinski definition) is 2. The Kier molecular flexibility index (Phi) is 2.66. The van der Waals surface area contributed by atoms with Crippen molar-refractivity contribution in [2.45, 2.75) is 0 Å². The second-order valence-corrected chi connectivity index (χ2v) is 2.61. The van der Waals surface area contributed by atoms with Crippen LogP contribution in [-0.4, -0.2) is 6.73 Å². The fourth-order valence-corrected chi connectivity index (χ4v) is 0.357. The van der Waals surface area contributed by atoms with Crippen molar-refractivity contribution >= 4 is 7.67 Å². The van der Waals surface area contributed by atoms with Crippen molar-refractivity contribution < 1.29 is 9.09 Å². The van der Waals surface area contributed by atoms with Crippen molar-refractivity contribution in [3.63, 3.8) is 0 Å². The first-order valence-electron chi connectivity index (χ1n) is 1.71. The van der Waals surface area contributed by atoms with Gasteiger partial charge in [-0.2, -0.15) is 0 Å². The van der Waals surface area contributed by atoms with E-state index >= 15 is 0 Å². The van der Waals surface area contributed by atoms with Crippen molar-refractivity contribution in [3.05, 3.63) is 11.4 Å². The van der Waals surface area contributed by atoms with E-state index in [9.17, 15) is 4.57 Å². The van der Waals surface area contributed by atoms with E-state index in [1.165, 1.54) is 0 Å². The monoisotopic (exact) mass is 135 g/mol. The summed E-state index contributed by atoms with van der Waals surface area (Å²) in [6.07, 6.45) is 0. The molecule has 0 unspecified atom stereocenters. The van der Waals surface area contributed by atoms with Gasteiger partial charge in [-0.15, -0.1) is 0 Å². The average Bonchev–Trinajstić information content (AvgIpc) is 1.59. The van der Waals surface area contributed by atoms with Crippen molar-refractivity contribution in [1.82, 2.24) is 0 Å². The SMILES string of the molecule is [C-]#[N+]COP(N)(N)=O. The van der Waals surface area contributed by atoms with Crippen molar-refractivity contribution in [2.24, 2.45) is 11.0 Å². The Morgan fingerprint density at radius 1 is 1.75 bits per heavy atom. The van der Waals surface area contributed by atoms with E-state index in [4.69, 9.17) is 6.57 Å². The van der Waals surface area contributed by atoms with Gasteiger partial charge in [-0.3, -0.25) is 9.41 Å². The second-order valence-electron chi connectivity index (χ2n) is 1.06. The fourth-order valence-electron chi connectivity index (χ4n) is 0.119. The maximum Gasteiger partial charge on any atom is 0.341 e. The minimum atomic E-state index is -3.40. The van der Waals surface area contributed by atoms with E-state index in [0.29, 0.717) is 0 Å². The zero-order valence-electron chi connectivity index (χ0n) is 4.07. The molecule has 46 valence electrons. The minimum absolute atomic E-state index is 0.343. The molecule has 6 heteroatoms. The topological polar surface area (TPSA) is 82.7 Å². The standard InChI is InChI=1S/C2H6N3O2P/c1-5-2-7-8(3,4)6/h2H2,(H4,3,4,6). The maximum atomic E-state index is 10.2. The summed E-state index contributed by atoms with van der Waals surface area (Å²) >= 11 is 0. The van der Waals surface area contributed by atoms with Crippen LogP contribution >= 0.6 is 7.67 Å². The summed E-state index contributed by atoms with van der Waals surface area (Å²) in [5.74, 6) is 0. The van der Waals surface area contributed by atoms with Gasteiger partial charge >= 0.3 is 14.4 Å². The first-order valence-corrected chi connectivity index (χ1v) is 3.47. The van der Waals surface area contributed by atoms with E-state index in [0.717, 1.165) is 0 Å². The van der Waals surface area contributed by atoms with Crippen molar-refractivity contribution in [3.8, 4) is 0 Å². The lowest BCUT2D eigenvalue weighted by Gasteiger charge is -1.98. The molecule has 0 radical (unpaired) electrons. The molecule has 0 spiro atoms. The van der Waals surface area contributed by atoms with Gasteiger partial charge in [-0.1, -0.05) is 0 Å². The molecule has 0 bridgehead atoms. The molecule has 0 aromatic heterocycles. The highest BCUT2D eigenvalue weighted by Gasteiger charge is 2.07. The minimum Gasteiger partial charge on any atom is -0.285 e. The van der Waals surface area contributed by atoms with Crippen LogP contribution in [0.5, 0.6) is 0 Å². The van der Waals surface area contributed by atoms with Crippen LogP contribution in [0.1, 0.15) is 0 Å². The molecule has 0 saturated carbocycles. The number of nitrogens with two attached hydrogens (primary N) is 2. The Morgan fingerprint density at radius 3 is 2.38 bits per heavy atom. The summed E-state index contributed by atoms with van der Waals surface area (Å²) in [5, 5.41) is 0. The molecule has 0 heterocycles. The molecule has 4 N–H and O–H groups in total. The van der Waals surface area contributed by atoms with E-state index in [1.807, 2.05) is 0 Å². The van der Waals surface area contributed by atoms with Gasteiger partial charge in [0.15, 0.2) is 0 Å². The zero-order valence-corrected chi connectivity index (χ0v) is 4.97. The van der Waals surface area contributed by atoms with Crippen LogP contribution in [0.4, 0.5) is 0 Å². The first kappa shape index (κ1) is 7.60. The van der Waals surface area contributed by atoms with Crippen LogP contribution < -0.4 is 11.0 Å². The third kappa shape index (κ3) is 5.60.